The molecule has 0 aromatic heterocycles. The summed E-state index contributed by atoms with van der Waals surface area (Å²) in [5.74, 6) is 0.526. The van der Waals surface area contributed by atoms with Crippen LogP contribution in [0.4, 0.5) is 0 Å². The first kappa shape index (κ1) is 21.5. The predicted molar refractivity (Wildman–Crippen MR) is 106 cm³/mol. The average molecular weight is 395 g/mol. The molecule has 2 rings (SSSR count). The average Bonchev–Trinajstić information content (AvgIpc) is 2.75. The molecule has 0 unspecified atom stereocenters. The Kier molecular flexibility index (Phi) is 7.80. The van der Waals surface area contributed by atoms with Crippen molar-refractivity contribution in [3.63, 3.8) is 0 Å². The molecule has 2 aromatic carbocycles. The molecule has 0 heterocycles. The molecular weight excluding hydrogens is 374 g/mol. The minimum atomic E-state index is -0.933. The summed E-state index contributed by atoms with van der Waals surface area (Å²) in [6, 6.07) is 13.4. The second kappa shape index (κ2) is 10.5. The quantitative estimate of drug-likeness (QED) is 0.365. The Bertz CT molecular complexity index is 927. The third-order valence-corrected chi connectivity index (χ3v) is 3.93. The minimum Gasteiger partial charge on any atom is -0.497 e. The lowest BCUT2D eigenvalue weighted by Gasteiger charge is -2.11. The van der Waals surface area contributed by atoms with Gasteiger partial charge in [0, 0.05) is 11.6 Å². The minimum absolute atomic E-state index is 0.0992. The summed E-state index contributed by atoms with van der Waals surface area (Å²) < 4.78 is 20.7. The number of nitriles is 1. The van der Waals surface area contributed by atoms with Crippen LogP contribution >= 0.6 is 0 Å². The molecular formula is C22H21NO6. The van der Waals surface area contributed by atoms with Gasteiger partial charge in [0.25, 0.3) is 0 Å². The Morgan fingerprint density at radius 2 is 1.79 bits per heavy atom. The van der Waals surface area contributed by atoms with Gasteiger partial charge in [0.2, 0.25) is 5.78 Å². The summed E-state index contributed by atoms with van der Waals surface area (Å²) >= 11 is 0. The van der Waals surface area contributed by atoms with Crippen LogP contribution < -0.4 is 14.2 Å². The van der Waals surface area contributed by atoms with Crippen LogP contribution in [0.5, 0.6) is 17.2 Å². The van der Waals surface area contributed by atoms with Crippen molar-refractivity contribution in [2.75, 3.05) is 20.8 Å². The fourth-order valence-electron chi connectivity index (χ4n) is 2.44. The monoisotopic (exact) mass is 395 g/mol. The highest BCUT2D eigenvalue weighted by atomic mass is 16.5. The van der Waals surface area contributed by atoms with Crippen LogP contribution in [0.25, 0.3) is 6.08 Å². The SMILES string of the molecule is COc1ccc(C(=O)[C@@H](C)OC(=O)/C=C/c2ccc(OCC#N)c(OC)c2)cc1. The summed E-state index contributed by atoms with van der Waals surface area (Å²) in [5, 5.41) is 8.59. The topological polar surface area (TPSA) is 94.9 Å². The van der Waals surface area contributed by atoms with E-state index < -0.39 is 12.1 Å². The highest BCUT2D eigenvalue weighted by Crippen LogP contribution is 2.28. The summed E-state index contributed by atoms with van der Waals surface area (Å²) in [6.45, 7) is 1.42. The number of esters is 1. The van der Waals surface area contributed by atoms with Gasteiger partial charge in [-0.15, -0.1) is 0 Å². The fourth-order valence-corrected chi connectivity index (χ4v) is 2.44. The summed E-state index contributed by atoms with van der Waals surface area (Å²) in [6.07, 6.45) is 1.82. The van der Waals surface area contributed by atoms with Gasteiger partial charge in [-0.25, -0.2) is 4.79 Å². The highest BCUT2D eigenvalue weighted by molar-refractivity contribution is 6.01. The molecule has 7 heteroatoms. The lowest BCUT2D eigenvalue weighted by atomic mass is 10.1. The van der Waals surface area contributed by atoms with Gasteiger partial charge in [-0.1, -0.05) is 6.07 Å². The standard InChI is InChI=1S/C22H21NO6/c1-15(22(25)17-6-8-18(26-2)9-7-17)29-21(24)11-5-16-4-10-19(28-13-12-23)20(14-16)27-3/h4-11,14-15H,13H2,1-3H3/b11-5+/t15-/m1/s1. The zero-order chi connectivity index (χ0) is 21.2. The maximum Gasteiger partial charge on any atom is 0.331 e. The van der Waals surface area contributed by atoms with Gasteiger partial charge in [0.1, 0.15) is 11.8 Å². The van der Waals surface area contributed by atoms with Gasteiger partial charge in [0.15, 0.2) is 24.2 Å². The number of ketones is 1. The van der Waals surface area contributed by atoms with Crippen molar-refractivity contribution < 1.29 is 28.5 Å². The zero-order valence-corrected chi connectivity index (χ0v) is 16.4. The largest absolute Gasteiger partial charge is 0.497 e. The summed E-state index contributed by atoms with van der Waals surface area (Å²) in [5.41, 5.74) is 1.09. The van der Waals surface area contributed by atoms with E-state index in [0.29, 0.717) is 28.4 Å². The summed E-state index contributed by atoms with van der Waals surface area (Å²) in [7, 11) is 3.01. The summed E-state index contributed by atoms with van der Waals surface area (Å²) in [4.78, 5) is 24.4. The Balaban J connectivity index is 1.99. The number of rotatable bonds is 9. The molecule has 0 aliphatic rings. The van der Waals surface area contributed by atoms with Crippen molar-refractivity contribution in [1.82, 2.24) is 0 Å². The second-order valence-corrected chi connectivity index (χ2v) is 5.86. The lowest BCUT2D eigenvalue weighted by Crippen LogP contribution is -2.23. The van der Waals surface area contributed by atoms with Crippen molar-refractivity contribution in [1.29, 1.82) is 5.26 Å². The van der Waals surface area contributed by atoms with E-state index in [1.807, 2.05) is 6.07 Å². The lowest BCUT2D eigenvalue weighted by molar-refractivity contribution is -0.140. The van der Waals surface area contributed by atoms with E-state index in [0.717, 1.165) is 0 Å². The molecule has 7 nitrogen and oxygen atoms in total. The molecule has 2 aromatic rings. The maximum atomic E-state index is 12.4. The van der Waals surface area contributed by atoms with Crippen molar-refractivity contribution in [3.05, 3.63) is 59.7 Å². The van der Waals surface area contributed by atoms with E-state index in [4.69, 9.17) is 24.2 Å². The molecule has 0 amide bonds. The molecule has 0 N–H and O–H groups in total. The Morgan fingerprint density at radius 1 is 1.07 bits per heavy atom. The first-order chi connectivity index (χ1) is 14.0. The number of methoxy groups -OCH3 is 2. The first-order valence-electron chi connectivity index (χ1n) is 8.73. The Morgan fingerprint density at radius 3 is 2.41 bits per heavy atom. The van der Waals surface area contributed by atoms with Crippen LogP contribution in [0.1, 0.15) is 22.8 Å². The van der Waals surface area contributed by atoms with E-state index in [2.05, 4.69) is 0 Å². The third-order valence-electron chi connectivity index (χ3n) is 3.93. The Hall–Kier alpha value is -3.79. The number of carbonyl (C=O) groups excluding carboxylic acids is 2. The zero-order valence-electron chi connectivity index (χ0n) is 16.4. The van der Waals surface area contributed by atoms with Crippen LogP contribution in [0, 0.1) is 11.3 Å². The van der Waals surface area contributed by atoms with E-state index in [1.165, 1.54) is 33.3 Å². The van der Waals surface area contributed by atoms with Crippen LogP contribution in [0.2, 0.25) is 0 Å². The molecule has 0 radical (unpaired) electrons. The van der Waals surface area contributed by atoms with Crippen LogP contribution in [-0.4, -0.2) is 38.7 Å². The molecule has 0 saturated carbocycles. The van der Waals surface area contributed by atoms with E-state index >= 15 is 0 Å². The molecule has 0 spiro atoms. The van der Waals surface area contributed by atoms with Gasteiger partial charge in [-0.3, -0.25) is 4.79 Å². The molecule has 0 fully saturated rings. The van der Waals surface area contributed by atoms with Gasteiger partial charge in [-0.2, -0.15) is 5.26 Å². The van der Waals surface area contributed by atoms with Crippen molar-refractivity contribution in [2.45, 2.75) is 13.0 Å². The van der Waals surface area contributed by atoms with Crippen LogP contribution in [-0.2, 0) is 9.53 Å². The number of ether oxygens (including phenoxy) is 4. The van der Waals surface area contributed by atoms with Crippen LogP contribution in [0.3, 0.4) is 0 Å². The maximum absolute atomic E-state index is 12.4. The molecule has 0 aliphatic heterocycles. The van der Waals surface area contributed by atoms with E-state index in [9.17, 15) is 9.59 Å². The normalized spacial score (nSPS) is 11.4. The second-order valence-electron chi connectivity index (χ2n) is 5.86. The number of hydrogen-bond donors (Lipinski definition) is 0. The third kappa shape index (κ3) is 6.11. The number of hydrogen-bond acceptors (Lipinski definition) is 7. The molecule has 150 valence electrons. The van der Waals surface area contributed by atoms with Crippen molar-refractivity contribution >= 4 is 17.8 Å². The van der Waals surface area contributed by atoms with Crippen LogP contribution in [0.15, 0.2) is 48.5 Å². The number of Topliss-reactive ketones (excluding diaryl/α,β-unsaturated/α-hetero) is 1. The van der Waals surface area contributed by atoms with Gasteiger partial charge in [-0.05, 0) is 55.0 Å². The van der Waals surface area contributed by atoms with Gasteiger partial charge < -0.3 is 18.9 Å². The van der Waals surface area contributed by atoms with E-state index in [1.54, 1.807) is 42.5 Å². The molecule has 29 heavy (non-hydrogen) atoms. The van der Waals surface area contributed by atoms with Crippen molar-refractivity contribution in [2.24, 2.45) is 0 Å². The fraction of sp³-hybridized carbons (Fsp3) is 0.227. The number of nitrogens with zero attached hydrogens (tertiary/aromatic N) is 1. The molecule has 0 aliphatic carbocycles. The Labute approximate surface area is 169 Å². The molecule has 0 saturated heterocycles. The molecule has 0 bridgehead atoms. The number of benzene rings is 2. The van der Waals surface area contributed by atoms with Crippen molar-refractivity contribution in [3.8, 4) is 23.3 Å². The smallest absolute Gasteiger partial charge is 0.331 e. The number of carbonyl (C=O) groups is 2. The predicted octanol–water partition coefficient (Wildman–Crippen LogP) is 3.43. The first-order valence-corrected chi connectivity index (χ1v) is 8.73. The molecule has 1 atom stereocenters. The highest BCUT2D eigenvalue weighted by Gasteiger charge is 2.18. The van der Waals surface area contributed by atoms with E-state index in [-0.39, 0.29) is 12.4 Å². The van der Waals surface area contributed by atoms with Gasteiger partial charge >= 0.3 is 5.97 Å². The van der Waals surface area contributed by atoms with Gasteiger partial charge in [0.05, 0.1) is 14.2 Å².